The lowest BCUT2D eigenvalue weighted by Crippen LogP contribution is -2.38. The summed E-state index contributed by atoms with van der Waals surface area (Å²) in [5.74, 6) is -0.849. The summed E-state index contributed by atoms with van der Waals surface area (Å²) in [5, 5.41) is 9.36. The first-order chi connectivity index (χ1) is 8.98. The molecular formula is C16H19NO2. The molecule has 0 aromatic heterocycles. The van der Waals surface area contributed by atoms with Crippen molar-refractivity contribution in [2.45, 2.75) is 45.1 Å². The number of carbonyl (C=O) groups excluding carboxylic acids is 1. The quantitative estimate of drug-likeness (QED) is 0.836. The number of rotatable bonds is 3. The summed E-state index contributed by atoms with van der Waals surface area (Å²) in [5.41, 5.74) is 2.24. The molecular weight excluding hydrogens is 238 g/mol. The van der Waals surface area contributed by atoms with Crippen molar-refractivity contribution in [2.75, 3.05) is 6.61 Å². The number of aryl methyl sites for hydroxylation is 2. The maximum absolute atomic E-state index is 12.5. The summed E-state index contributed by atoms with van der Waals surface area (Å²) in [4.78, 5) is 12.5. The predicted molar refractivity (Wildman–Crippen MR) is 72.9 cm³/mol. The Labute approximate surface area is 114 Å². The molecule has 100 valence electrons. The number of ketones is 1. The van der Waals surface area contributed by atoms with Crippen LogP contribution in [0.1, 0.15) is 42.4 Å². The fraction of sp³-hybridized carbons (Fsp3) is 0.500. The van der Waals surface area contributed by atoms with Crippen LogP contribution in [0.4, 0.5) is 0 Å². The molecule has 2 rings (SSSR count). The number of hydrogen-bond acceptors (Lipinski definition) is 3. The largest absolute Gasteiger partial charge is 0.367 e. The Morgan fingerprint density at radius 2 is 2.16 bits per heavy atom. The maximum Gasteiger partial charge on any atom is 0.185 e. The molecule has 1 heterocycles. The lowest BCUT2D eigenvalue weighted by Gasteiger charge is -2.24. The highest BCUT2D eigenvalue weighted by atomic mass is 16.5. The Kier molecular flexibility index (Phi) is 3.73. The van der Waals surface area contributed by atoms with Crippen molar-refractivity contribution in [1.82, 2.24) is 0 Å². The van der Waals surface area contributed by atoms with E-state index in [2.05, 4.69) is 6.07 Å². The second-order valence-corrected chi connectivity index (χ2v) is 5.45. The van der Waals surface area contributed by atoms with Crippen LogP contribution in [0.25, 0.3) is 0 Å². The standard InChI is InChI=1S/C16H19NO2/c1-11-5-6-13(9-12(11)2)14(10-17)15(18)16(3)7-4-8-19-16/h5-6,9,14H,4,7-8H2,1-3H3. The van der Waals surface area contributed by atoms with E-state index >= 15 is 0 Å². The Bertz CT molecular complexity index is 536. The summed E-state index contributed by atoms with van der Waals surface area (Å²) < 4.78 is 5.56. The summed E-state index contributed by atoms with van der Waals surface area (Å²) in [7, 11) is 0. The van der Waals surface area contributed by atoms with E-state index in [1.165, 1.54) is 0 Å². The fourth-order valence-corrected chi connectivity index (χ4v) is 2.51. The number of carbonyl (C=O) groups is 1. The summed E-state index contributed by atoms with van der Waals surface area (Å²) in [6.07, 6.45) is 1.59. The topological polar surface area (TPSA) is 50.1 Å². The van der Waals surface area contributed by atoms with E-state index < -0.39 is 11.5 Å². The van der Waals surface area contributed by atoms with Gasteiger partial charge in [0.2, 0.25) is 0 Å². The second-order valence-electron chi connectivity index (χ2n) is 5.45. The van der Waals surface area contributed by atoms with Crippen molar-refractivity contribution in [2.24, 2.45) is 0 Å². The SMILES string of the molecule is Cc1ccc(C(C#N)C(=O)C2(C)CCCO2)cc1C. The van der Waals surface area contributed by atoms with Gasteiger partial charge in [0.25, 0.3) is 0 Å². The molecule has 1 aromatic rings. The van der Waals surface area contributed by atoms with Gasteiger partial charge in [-0.1, -0.05) is 18.2 Å². The summed E-state index contributed by atoms with van der Waals surface area (Å²) in [6.45, 7) is 6.41. The molecule has 3 heteroatoms. The number of nitrogens with zero attached hydrogens (tertiary/aromatic N) is 1. The average Bonchev–Trinajstić information content (AvgIpc) is 2.83. The zero-order chi connectivity index (χ0) is 14.0. The van der Waals surface area contributed by atoms with Crippen LogP contribution < -0.4 is 0 Å². The van der Waals surface area contributed by atoms with Crippen molar-refractivity contribution < 1.29 is 9.53 Å². The molecule has 3 nitrogen and oxygen atoms in total. The monoisotopic (exact) mass is 257 g/mol. The van der Waals surface area contributed by atoms with E-state index in [9.17, 15) is 10.1 Å². The predicted octanol–water partition coefficient (Wildman–Crippen LogP) is 3.05. The molecule has 0 amide bonds. The van der Waals surface area contributed by atoms with Crippen LogP contribution in [0, 0.1) is 25.2 Å². The molecule has 0 N–H and O–H groups in total. The van der Waals surface area contributed by atoms with Gasteiger partial charge in [-0.05, 0) is 50.3 Å². The van der Waals surface area contributed by atoms with Gasteiger partial charge in [-0.15, -0.1) is 0 Å². The third-order valence-electron chi connectivity index (χ3n) is 4.00. The van der Waals surface area contributed by atoms with Gasteiger partial charge in [-0.3, -0.25) is 4.79 Å². The number of Topliss-reactive ketones (excluding diaryl/α,β-unsaturated/α-hetero) is 1. The molecule has 1 aliphatic rings. The first-order valence-corrected chi connectivity index (χ1v) is 6.63. The highest BCUT2D eigenvalue weighted by Crippen LogP contribution is 2.32. The average molecular weight is 257 g/mol. The molecule has 1 aromatic carbocycles. The molecule has 0 saturated carbocycles. The zero-order valence-electron chi connectivity index (χ0n) is 11.7. The Morgan fingerprint density at radius 3 is 2.68 bits per heavy atom. The third-order valence-corrected chi connectivity index (χ3v) is 4.00. The van der Waals surface area contributed by atoms with Crippen molar-refractivity contribution in [3.8, 4) is 6.07 Å². The molecule has 1 aliphatic heterocycles. The van der Waals surface area contributed by atoms with Gasteiger partial charge in [-0.25, -0.2) is 0 Å². The number of ether oxygens (including phenoxy) is 1. The molecule has 0 spiro atoms. The smallest absolute Gasteiger partial charge is 0.185 e. The van der Waals surface area contributed by atoms with Crippen molar-refractivity contribution in [3.63, 3.8) is 0 Å². The van der Waals surface area contributed by atoms with Crippen molar-refractivity contribution >= 4 is 5.78 Å². The van der Waals surface area contributed by atoms with Gasteiger partial charge in [0, 0.05) is 6.61 Å². The third kappa shape index (κ3) is 2.54. The number of benzene rings is 1. The Balaban J connectivity index is 2.32. The normalized spacial score (nSPS) is 23.9. The van der Waals surface area contributed by atoms with Crippen LogP contribution in [0.2, 0.25) is 0 Å². The molecule has 1 fully saturated rings. The van der Waals surface area contributed by atoms with Crippen molar-refractivity contribution in [3.05, 3.63) is 34.9 Å². The van der Waals surface area contributed by atoms with E-state index in [0.717, 1.165) is 23.1 Å². The maximum atomic E-state index is 12.5. The van der Waals surface area contributed by atoms with Gasteiger partial charge >= 0.3 is 0 Å². The summed E-state index contributed by atoms with van der Waals surface area (Å²) in [6, 6.07) is 7.89. The van der Waals surface area contributed by atoms with Crippen LogP contribution in [-0.2, 0) is 9.53 Å². The van der Waals surface area contributed by atoms with E-state index in [1.54, 1.807) is 6.92 Å². The first kappa shape index (κ1) is 13.8. The van der Waals surface area contributed by atoms with Crippen LogP contribution in [0.5, 0.6) is 0 Å². The molecule has 0 radical (unpaired) electrons. The highest BCUT2D eigenvalue weighted by Gasteiger charge is 2.42. The van der Waals surface area contributed by atoms with Gasteiger partial charge in [0.1, 0.15) is 11.5 Å². The van der Waals surface area contributed by atoms with Crippen LogP contribution in [0.3, 0.4) is 0 Å². The van der Waals surface area contributed by atoms with E-state index in [4.69, 9.17) is 4.74 Å². The van der Waals surface area contributed by atoms with Gasteiger partial charge in [0.05, 0.1) is 6.07 Å². The second kappa shape index (κ2) is 5.14. The molecule has 2 unspecified atom stereocenters. The molecule has 1 saturated heterocycles. The molecule has 2 atom stereocenters. The van der Waals surface area contributed by atoms with Crippen LogP contribution in [-0.4, -0.2) is 18.0 Å². The van der Waals surface area contributed by atoms with Gasteiger partial charge in [-0.2, -0.15) is 5.26 Å². The van der Waals surface area contributed by atoms with Crippen molar-refractivity contribution in [1.29, 1.82) is 5.26 Å². The Morgan fingerprint density at radius 1 is 1.42 bits per heavy atom. The summed E-state index contributed by atoms with van der Waals surface area (Å²) >= 11 is 0. The lowest BCUT2D eigenvalue weighted by atomic mass is 9.84. The number of hydrogen-bond donors (Lipinski definition) is 0. The van der Waals surface area contributed by atoms with Crippen LogP contribution >= 0.6 is 0 Å². The minimum absolute atomic E-state index is 0.115. The van der Waals surface area contributed by atoms with Gasteiger partial charge < -0.3 is 4.74 Å². The van der Waals surface area contributed by atoms with Gasteiger partial charge in [0.15, 0.2) is 5.78 Å². The molecule has 0 bridgehead atoms. The minimum Gasteiger partial charge on any atom is -0.367 e. The zero-order valence-corrected chi connectivity index (χ0v) is 11.7. The number of nitriles is 1. The lowest BCUT2D eigenvalue weighted by molar-refractivity contribution is -0.137. The van der Waals surface area contributed by atoms with E-state index in [0.29, 0.717) is 13.0 Å². The minimum atomic E-state index is -0.792. The highest BCUT2D eigenvalue weighted by molar-refractivity contribution is 5.95. The van der Waals surface area contributed by atoms with E-state index in [1.807, 2.05) is 32.0 Å². The Hall–Kier alpha value is -1.66. The fourth-order valence-electron chi connectivity index (χ4n) is 2.51. The molecule has 19 heavy (non-hydrogen) atoms. The van der Waals surface area contributed by atoms with E-state index in [-0.39, 0.29) is 5.78 Å². The molecule has 0 aliphatic carbocycles. The van der Waals surface area contributed by atoms with Crippen LogP contribution in [0.15, 0.2) is 18.2 Å². The first-order valence-electron chi connectivity index (χ1n) is 6.63.